The molecule has 0 aliphatic heterocycles. The third kappa shape index (κ3) is 11.9. The Kier molecular flexibility index (Phi) is 17.8. The van der Waals surface area contributed by atoms with Gasteiger partial charge in [0.25, 0.3) is 0 Å². The molecule has 1 heteroatoms. The third-order valence-corrected chi connectivity index (χ3v) is 21.6. The number of hydrogen-bond donors (Lipinski definition) is 0. The molecule has 0 saturated heterocycles. The molecule has 0 fully saturated rings. The first-order valence-corrected chi connectivity index (χ1v) is 37.9. The Morgan fingerprint density at radius 1 is 0.0909 bits per heavy atom. The molecular formula is C109H73N. The van der Waals surface area contributed by atoms with Crippen molar-refractivity contribution in [1.29, 1.82) is 0 Å². The summed E-state index contributed by atoms with van der Waals surface area (Å²) in [6.45, 7) is 0. The standard InChI is InChI=1S/C109H73N/c1-15-44-74(45-16-1)90-92(76-48-19-3-20-49-76)98(82-60-31-9-32-61-82)108-102(86-68-39-13-40-69-86)104(94(78-52-23-5-24-53-78)100(84-64-35-11-36-65-84)106(108)96(90)80-56-27-7-28-57-80)88-72-43-73-89(110-88)105-95(79-54-25-6-26-55-79)101(85-66-37-12-38-67-85)107-97(81-58-29-8-30-59-81)91(75-46-17-2-18-47-75)93(77-50-21-4-22-51-77)99(83-62-33-10-34-63-83)109(107)103(105)87-70-41-14-42-71-87/h1-73H. The number of nitrogens with zero attached hydrogens (tertiary/aromatic N) is 1. The summed E-state index contributed by atoms with van der Waals surface area (Å²) in [5, 5.41) is 4.53. The maximum Gasteiger partial charge on any atom is 0.0722 e. The van der Waals surface area contributed by atoms with Crippen LogP contribution in [0.4, 0.5) is 0 Å². The fraction of sp³-hybridized carbons (Fsp3) is 0. The summed E-state index contributed by atoms with van der Waals surface area (Å²) in [5.41, 5.74) is 34.7. The molecule has 1 nitrogen and oxygen atoms in total. The van der Waals surface area contributed by atoms with E-state index >= 15 is 0 Å². The zero-order valence-electron chi connectivity index (χ0n) is 60.6. The van der Waals surface area contributed by atoms with Crippen molar-refractivity contribution in [3.8, 4) is 178 Å². The van der Waals surface area contributed by atoms with Crippen LogP contribution in [0.15, 0.2) is 443 Å². The van der Waals surface area contributed by atoms with Crippen LogP contribution >= 0.6 is 0 Å². The summed E-state index contributed by atoms with van der Waals surface area (Å²) in [7, 11) is 0. The van der Waals surface area contributed by atoms with Crippen molar-refractivity contribution in [3.63, 3.8) is 0 Å². The van der Waals surface area contributed by atoms with Gasteiger partial charge in [0.05, 0.1) is 11.4 Å². The van der Waals surface area contributed by atoms with Crippen LogP contribution in [0.5, 0.6) is 0 Å². The van der Waals surface area contributed by atoms with Crippen molar-refractivity contribution in [3.05, 3.63) is 443 Å². The predicted octanol–water partition coefficient (Wildman–Crippen LogP) is 30.1. The third-order valence-electron chi connectivity index (χ3n) is 21.6. The number of aromatic nitrogens is 1. The van der Waals surface area contributed by atoms with Crippen LogP contribution < -0.4 is 0 Å². The summed E-state index contributed by atoms with van der Waals surface area (Å²) in [5.74, 6) is 0. The summed E-state index contributed by atoms with van der Waals surface area (Å²) in [6.07, 6.45) is 0. The first kappa shape index (κ1) is 66.3. The number of fused-ring (bicyclic) bond motifs is 2. The van der Waals surface area contributed by atoms with Gasteiger partial charge in [-0.05, 0) is 167 Å². The SMILES string of the molecule is c1ccc(-c2c(-c3ccccc3)c(-c3ccccc3)c3c(-c4ccccc4)c(-c4cccc(-c5c(-c6ccccc6)c(-c6ccccc6)c6c(-c7ccccc7)c(-c7ccccc7)c(-c7ccccc7)c(-c7ccccc7)c6c5-c5ccccc5)n4)c(-c4ccccc4)c(-c4ccccc4)c3c2-c2ccccc2)cc1. The van der Waals surface area contributed by atoms with E-state index in [-0.39, 0.29) is 0 Å². The zero-order valence-corrected chi connectivity index (χ0v) is 60.6. The molecule has 514 valence electrons. The minimum absolute atomic E-state index is 0.824. The Morgan fingerprint density at radius 2 is 0.200 bits per heavy atom. The minimum atomic E-state index is 0.824. The molecule has 0 radical (unpaired) electrons. The van der Waals surface area contributed by atoms with E-state index < -0.39 is 0 Å². The Labute approximate surface area is 643 Å². The zero-order chi connectivity index (χ0) is 73.1. The van der Waals surface area contributed by atoms with Crippen LogP contribution in [0.2, 0.25) is 0 Å². The van der Waals surface area contributed by atoms with Crippen molar-refractivity contribution < 1.29 is 0 Å². The Hall–Kier alpha value is -14.4. The average molecular weight is 1400 g/mol. The minimum Gasteiger partial charge on any atom is -0.248 e. The Morgan fingerprint density at radius 3 is 0.336 bits per heavy atom. The van der Waals surface area contributed by atoms with Crippen molar-refractivity contribution in [2.45, 2.75) is 0 Å². The van der Waals surface area contributed by atoms with Crippen molar-refractivity contribution in [2.75, 3.05) is 0 Å². The maximum absolute atomic E-state index is 6.60. The molecule has 0 atom stereocenters. The highest BCUT2D eigenvalue weighted by molar-refractivity contribution is 6.33. The quantitative estimate of drug-likeness (QED) is 0.0940. The molecule has 0 amide bonds. The van der Waals surface area contributed by atoms with E-state index in [2.05, 4.69) is 443 Å². The molecule has 0 aliphatic rings. The first-order chi connectivity index (χ1) is 54.7. The Bertz CT molecular complexity index is 6090. The van der Waals surface area contributed by atoms with Crippen LogP contribution in [-0.2, 0) is 0 Å². The monoisotopic (exact) mass is 1400 g/mol. The topological polar surface area (TPSA) is 12.9 Å². The summed E-state index contributed by atoms with van der Waals surface area (Å²) < 4.78 is 0. The van der Waals surface area contributed by atoms with Crippen LogP contribution in [0.3, 0.4) is 0 Å². The molecular weight excluding hydrogens is 1320 g/mol. The lowest BCUT2D eigenvalue weighted by atomic mass is 9.71. The molecule has 0 saturated carbocycles. The van der Waals surface area contributed by atoms with Crippen molar-refractivity contribution in [1.82, 2.24) is 4.98 Å². The highest BCUT2D eigenvalue weighted by Crippen LogP contribution is 2.63. The van der Waals surface area contributed by atoms with E-state index in [9.17, 15) is 0 Å². The maximum atomic E-state index is 6.60. The van der Waals surface area contributed by atoms with Crippen LogP contribution in [0.1, 0.15) is 0 Å². The molecule has 19 rings (SSSR count). The number of pyridine rings is 1. The van der Waals surface area contributed by atoms with Gasteiger partial charge in [-0.15, -0.1) is 0 Å². The second-order valence-corrected chi connectivity index (χ2v) is 28.0. The second-order valence-electron chi connectivity index (χ2n) is 28.0. The summed E-state index contributed by atoms with van der Waals surface area (Å²) in [4.78, 5) is 6.60. The van der Waals surface area contributed by atoms with Gasteiger partial charge in [0.15, 0.2) is 0 Å². The van der Waals surface area contributed by atoms with Gasteiger partial charge < -0.3 is 0 Å². The molecule has 0 aliphatic carbocycles. The fourth-order valence-electron chi connectivity index (χ4n) is 17.2. The van der Waals surface area contributed by atoms with Crippen molar-refractivity contribution in [2.24, 2.45) is 0 Å². The summed E-state index contributed by atoms with van der Waals surface area (Å²) >= 11 is 0. The average Bonchev–Trinajstić information content (AvgIpc) is 0.693. The van der Waals surface area contributed by atoms with Gasteiger partial charge in [0.1, 0.15) is 0 Å². The molecule has 18 aromatic carbocycles. The second kappa shape index (κ2) is 29.5. The molecule has 0 bridgehead atoms. The number of benzene rings is 18. The first-order valence-electron chi connectivity index (χ1n) is 37.9. The van der Waals surface area contributed by atoms with E-state index in [1.165, 1.54) is 0 Å². The van der Waals surface area contributed by atoms with Gasteiger partial charge in [-0.2, -0.15) is 0 Å². The summed E-state index contributed by atoms with van der Waals surface area (Å²) in [6, 6.07) is 163. The lowest BCUT2D eigenvalue weighted by Gasteiger charge is -2.31. The largest absolute Gasteiger partial charge is 0.248 e. The smallest absolute Gasteiger partial charge is 0.0722 e. The van der Waals surface area contributed by atoms with E-state index in [0.29, 0.717) is 0 Å². The van der Waals surface area contributed by atoms with E-state index in [0.717, 1.165) is 200 Å². The van der Waals surface area contributed by atoms with Gasteiger partial charge >= 0.3 is 0 Å². The van der Waals surface area contributed by atoms with Gasteiger partial charge in [-0.3, -0.25) is 0 Å². The Balaban J connectivity index is 1.09. The number of hydrogen-bond acceptors (Lipinski definition) is 1. The molecule has 0 spiro atoms. The molecule has 19 aromatic rings. The van der Waals surface area contributed by atoms with Gasteiger partial charge in [0.2, 0.25) is 0 Å². The molecule has 1 heterocycles. The van der Waals surface area contributed by atoms with Gasteiger partial charge in [0, 0.05) is 33.4 Å². The normalized spacial score (nSPS) is 11.3. The van der Waals surface area contributed by atoms with Crippen molar-refractivity contribution >= 4 is 21.5 Å². The van der Waals surface area contributed by atoms with E-state index in [4.69, 9.17) is 4.98 Å². The molecule has 0 N–H and O–H groups in total. The highest BCUT2D eigenvalue weighted by Gasteiger charge is 2.36. The fourth-order valence-corrected chi connectivity index (χ4v) is 17.2. The van der Waals surface area contributed by atoms with E-state index in [1.54, 1.807) is 0 Å². The number of rotatable bonds is 16. The van der Waals surface area contributed by atoms with Gasteiger partial charge in [-0.1, -0.05) is 431 Å². The predicted molar refractivity (Wildman–Crippen MR) is 466 cm³/mol. The van der Waals surface area contributed by atoms with E-state index in [1.807, 2.05) is 0 Å². The van der Waals surface area contributed by atoms with Crippen LogP contribution in [0, 0.1) is 0 Å². The lowest BCUT2D eigenvalue weighted by Crippen LogP contribution is -2.05. The van der Waals surface area contributed by atoms with Gasteiger partial charge in [-0.25, -0.2) is 4.98 Å². The van der Waals surface area contributed by atoms with Crippen LogP contribution in [0.25, 0.3) is 200 Å². The molecule has 0 unspecified atom stereocenters. The highest BCUT2D eigenvalue weighted by atomic mass is 14.7. The molecule has 110 heavy (non-hydrogen) atoms. The lowest BCUT2D eigenvalue weighted by molar-refractivity contribution is 1.33. The van der Waals surface area contributed by atoms with Crippen LogP contribution in [-0.4, -0.2) is 4.98 Å². The molecule has 1 aromatic heterocycles.